The zero-order chi connectivity index (χ0) is 23.6. The Kier molecular flexibility index (Phi) is 9.38. The maximum absolute atomic E-state index is 11.9. The van der Waals surface area contributed by atoms with Crippen LogP contribution in [0.4, 0.5) is 0 Å². The van der Waals surface area contributed by atoms with E-state index in [0.29, 0.717) is 6.61 Å². The lowest BCUT2D eigenvalue weighted by molar-refractivity contribution is -0.309. The van der Waals surface area contributed by atoms with Crippen molar-refractivity contribution in [2.45, 2.75) is 57.8 Å². The van der Waals surface area contributed by atoms with E-state index in [1.54, 1.807) is 0 Å². The second-order valence-corrected chi connectivity index (χ2v) is 7.69. The lowest BCUT2D eigenvalue weighted by Crippen LogP contribution is -2.62. The normalized spacial score (nSPS) is 24.8. The molecule has 5 atom stereocenters. The predicted molar refractivity (Wildman–Crippen MR) is 118 cm³/mol. The molecule has 0 aliphatic carbocycles. The lowest BCUT2D eigenvalue weighted by Gasteiger charge is -2.44. The Morgan fingerprint density at radius 3 is 1.88 bits per heavy atom. The van der Waals surface area contributed by atoms with Gasteiger partial charge in [0.15, 0.2) is 18.5 Å². The van der Waals surface area contributed by atoms with E-state index in [2.05, 4.69) is 0 Å². The summed E-state index contributed by atoms with van der Waals surface area (Å²) in [5.74, 6) is -1.04. The van der Waals surface area contributed by atoms with Gasteiger partial charge in [0, 0.05) is 21.0 Å². The van der Waals surface area contributed by atoms with Crippen LogP contribution in [0.3, 0.4) is 0 Å². The van der Waals surface area contributed by atoms with Crippen LogP contribution in [0.25, 0.3) is 0 Å². The molecule has 8 heteroatoms. The first-order chi connectivity index (χ1) is 16.0. The smallest absolute Gasteiger partial charge is 0.303 e. The Hall–Kier alpha value is -2.78. The minimum atomic E-state index is -0.939. The van der Waals surface area contributed by atoms with Gasteiger partial charge in [-0.25, -0.2) is 0 Å². The molecule has 0 aromatic heterocycles. The second kappa shape index (κ2) is 12.5. The molecule has 2 aromatic rings. The van der Waals surface area contributed by atoms with Crippen LogP contribution in [-0.2, 0) is 51.2 Å². The first kappa shape index (κ1) is 24.9. The van der Waals surface area contributed by atoms with E-state index >= 15 is 0 Å². The number of carbonyl (C=O) groups excluding carboxylic acids is 2. The maximum atomic E-state index is 11.9. The molecule has 0 unspecified atom stereocenters. The van der Waals surface area contributed by atoms with Crippen LogP contribution in [0.5, 0.6) is 0 Å². The summed E-state index contributed by atoms with van der Waals surface area (Å²) in [6, 6.07) is 19.2. The highest BCUT2D eigenvalue weighted by Gasteiger charge is 2.51. The molecular weight excluding hydrogens is 428 g/mol. The fourth-order valence-electron chi connectivity index (χ4n) is 3.68. The van der Waals surface area contributed by atoms with E-state index in [0.717, 1.165) is 11.1 Å². The summed E-state index contributed by atoms with van der Waals surface area (Å²) in [5.41, 5.74) is 1.91. The third-order valence-corrected chi connectivity index (χ3v) is 5.11. The van der Waals surface area contributed by atoms with E-state index in [4.69, 9.17) is 28.4 Å². The van der Waals surface area contributed by atoms with Crippen LogP contribution >= 0.6 is 0 Å². The summed E-state index contributed by atoms with van der Waals surface area (Å²) in [6.45, 7) is 3.28. The monoisotopic (exact) mass is 458 g/mol. The van der Waals surface area contributed by atoms with Gasteiger partial charge >= 0.3 is 11.9 Å². The van der Waals surface area contributed by atoms with Gasteiger partial charge in [0.2, 0.25) is 0 Å². The summed E-state index contributed by atoms with van der Waals surface area (Å²) in [6.07, 6.45) is -4.27. The maximum Gasteiger partial charge on any atom is 0.303 e. The molecule has 0 spiro atoms. The highest BCUT2D eigenvalue weighted by atomic mass is 16.7. The minimum absolute atomic E-state index is 0.116. The number of rotatable bonds is 10. The standard InChI is InChI=1S/C25H30O8/c1-17(26)31-22-21(16-29-14-19-10-6-4-7-11-19)33-25(28-3)24(32-18(2)27)23(22)30-15-20-12-8-5-9-13-20/h4-13,21-25H,14-16H2,1-3H3/t21-,22-,23+,24+,25+/m1/s1. The Balaban J connectivity index is 1.80. The summed E-state index contributed by atoms with van der Waals surface area (Å²) >= 11 is 0. The minimum Gasteiger partial charge on any atom is -0.457 e. The Morgan fingerprint density at radius 1 is 0.788 bits per heavy atom. The number of hydrogen-bond donors (Lipinski definition) is 0. The molecule has 1 aliphatic heterocycles. The van der Waals surface area contributed by atoms with E-state index in [-0.39, 0.29) is 13.2 Å². The second-order valence-electron chi connectivity index (χ2n) is 7.69. The zero-order valence-electron chi connectivity index (χ0n) is 19.0. The third-order valence-electron chi connectivity index (χ3n) is 5.11. The highest BCUT2D eigenvalue weighted by Crippen LogP contribution is 2.30. The molecule has 0 amide bonds. The average Bonchev–Trinajstić information content (AvgIpc) is 2.80. The Morgan fingerprint density at radius 2 is 1.33 bits per heavy atom. The number of methoxy groups -OCH3 is 1. The van der Waals surface area contributed by atoms with Gasteiger partial charge in [-0.05, 0) is 11.1 Å². The van der Waals surface area contributed by atoms with Crippen molar-refractivity contribution >= 4 is 11.9 Å². The van der Waals surface area contributed by atoms with E-state index in [1.807, 2.05) is 60.7 Å². The van der Waals surface area contributed by atoms with Crippen molar-refractivity contribution in [2.75, 3.05) is 13.7 Å². The molecule has 8 nitrogen and oxygen atoms in total. The molecule has 0 bridgehead atoms. The van der Waals surface area contributed by atoms with E-state index in [1.165, 1.54) is 21.0 Å². The third kappa shape index (κ3) is 7.36. The molecule has 0 radical (unpaired) electrons. The quantitative estimate of drug-likeness (QED) is 0.502. The van der Waals surface area contributed by atoms with Gasteiger partial charge in [-0.15, -0.1) is 0 Å². The Labute approximate surface area is 193 Å². The molecule has 1 saturated heterocycles. The summed E-state index contributed by atoms with van der Waals surface area (Å²) in [5, 5.41) is 0. The van der Waals surface area contributed by atoms with E-state index < -0.39 is 42.6 Å². The van der Waals surface area contributed by atoms with Gasteiger partial charge in [-0.3, -0.25) is 9.59 Å². The molecule has 2 aromatic carbocycles. The van der Waals surface area contributed by atoms with Crippen molar-refractivity contribution < 1.29 is 38.0 Å². The molecule has 33 heavy (non-hydrogen) atoms. The number of carbonyl (C=O) groups is 2. The fourth-order valence-corrected chi connectivity index (χ4v) is 3.68. The largest absolute Gasteiger partial charge is 0.457 e. The average molecular weight is 459 g/mol. The van der Waals surface area contributed by atoms with Gasteiger partial charge in [-0.2, -0.15) is 0 Å². The highest BCUT2D eigenvalue weighted by molar-refractivity contribution is 5.67. The van der Waals surface area contributed by atoms with E-state index in [9.17, 15) is 9.59 Å². The van der Waals surface area contributed by atoms with Crippen molar-refractivity contribution in [1.29, 1.82) is 0 Å². The number of benzene rings is 2. The van der Waals surface area contributed by atoms with Crippen LogP contribution in [-0.4, -0.2) is 56.4 Å². The van der Waals surface area contributed by atoms with Gasteiger partial charge in [-0.1, -0.05) is 60.7 Å². The summed E-state index contributed by atoms with van der Waals surface area (Å²) < 4.78 is 34.6. The molecule has 1 heterocycles. The van der Waals surface area contributed by atoms with Gasteiger partial charge < -0.3 is 28.4 Å². The van der Waals surface area contributed by atoms with Crippen LogP contribution in [0.1, 0.15) is 25.0 Å². The van der Waals surface area contributed by atoms with Crippen molar-refractivity contribution in [3.05, 3.63) is 71.8 Å². The Bertz CT molecular complexity index is 872. The number of ether oxygens (including phenoxy) is 6. The van der Waals surface area contributed by atoms with Gasteiger partial charge in [0.05, 0.1) is 19.8 Å². The van der Waals surface area contributed by atoms with Crippen molar-refractivity contribution in [1.82, 2.24) is 0 Å². The van der Waals surface area contributed by atoms with Crippen molar-refractivity contribution in [2.24, 2.45) is 0 Å². The molecule has 3 rings (SSSR count). The molecular formula is C25H30O8. The SMILES string of the molecule is CO[C@H]1O[C@H](COCc2ccccc2)[C@@H](OC(C)=O)[C@H](OCc2ccccc2)[C@@H]1OC(C)=O. The molecule has 0 saturated carbocycles. The van der Waals surface area contributed by atoms with Crippen LogP contribution in [0.15, 0.2) is 60.7 Å². The van der Waals surface area contributed by atoms with Gasteiger partial charge in [0.25, 0.3) is 0 Å². The topological polar surface area (TPSA) is 89.5 Å². The number of esters is 2. The van der Waals surface area contributed by atoms with Crippen LogP contribution in [0.2, 0.25) is 0 Å². The zero-order valence-corrected chi connectivity index (χ0v) is 19.0. The summed E-state index contributed by atoms with van der Waals surface area (Å²) in [7, 11) is 1.45. The fraction of sp³-hybridized carbons (Fsp3) is 0.440. The van der Waals surface area contributed by atoms with Crippen LogP contribution < -0.4 is 0 Å². The predicted octanol–water partition coefficient (Wildman–Crippen LogP) is 3.02. The molecule has 178 valence electrons. The molecule has 1 fully saturated rings. The van der Waals surface area contributed by atoms with Crippen molar-refractivity contribution in [3.63, 3.8) is 0 Å². The summed E-state index contributed by atoms with van der Waals surface area (Å²) in [4.78, 5) is 23.8. The lowest BCUT2D eigenvalue weighted by atomic mass is 9.98. The van der Waals surface area contributed by atoms with Crippen molar-refractivity contribution in [3.8, 4) is 0 Å². The molecule has 0 N–H and O–H groups in total. The van der Waals surface area contributed by atoms with Crippen LogP contribution in [0, 0.1) is 0 Å². The number of hydrogen-bond acceptors (Lipinski definition) is 8. The molecule has 1 aliphatic rings. The first-order valence-corrected chi connectivity index (χ1v) is 10.8. The van der Waals surface area contributed by atoms with Gasteiger partial charge in [0.1, 0.15) is 12.2 Å². The first-order valence-electron chi connectivity index (χ1n) is 10.8.